The summed E-state index contributed by atoms with van der Waals surface area (Å²) in [5, 5.41) is 0. The van der Waals surface area contributed by atoms with Crippen LogP contribution in [0.1, 0.15) is 282 Å². The van der Waals surface area contributed by atoms with Gasteiger partial charge in [0.1, 0.15) is 11.6 Å². The summed E-state index contributed by atoms with van der Waals surface area (Å²) in [5.41, 5.74) is 14.1. The zero-order valence-corrected chi connectivity index (χ0v) is 55.3. The highest BCUT2D eigenvalue weighted by Gasteiger charge is 2.55. The molecule has 17 atom stereocenters. The van der Waals surface area contributed by atoms with Crippen molar-refractivity contribution in [1.29, 1.82) is 0 Å². The number of ether oxygens (including phenoxy) is 2. The van der Waals surface area contributed by atoms with Gasteiger partial charge in [-0.15, -0.1) is 11.8 Å². The molecule has 0 bridgehead atoms. The Kier molecular flexibility index (Phi) is 17.5. The van der Waals surface area contributed by atoms with Gasteiger partial charge in [-0.3, -0.25) is 0 Å². The zero-order chi connectivity index (χ0) is 61.4. The van der Waals surface area contributed by atoms with E-state index in [2.05, 4.69) is 70.4 Å². The van der Waals surface area contributed by atoms with Gasteiger partial charge in [0, 0.05) is 0 Å². The Morgan fingerprint density at radius 2 is 0.784 bits per heavy atom. The smallest absolute Gasteiger partial charge is 0.165 e. The molecule has 2 nitrogen and oxygen atoms in total. The van der Waals surface area contributed by atoms with Crippen molar-refractivity contribution in [2.45, 2.75) is 252 Å². The molecule has 13 unspecified atom stereocenters. The lowest BCUT2D eigenvalue weighted by atomic mass is 9.54. The molecule has 8 fully saturated rings. The molecule has 0 amide bonds. The number of benzene rings is 4. The topological polar surface area (TPSA) is 18.5 Å². The number of hydrogen-bond donors (Lipinski definition) is 0. The van der Waals surface area contributed by atoms with E-state index in [1.807, 2.05) is 19.1 Å². The maximum absolute atomic E-state index is 14.2. The molecule has 0 N–H and O–H groups in total. The van der Waals surface area contributed by atoms with E-state index in [1.165, 1.54) is 192 Å². The summed E-state index contributed by atoms with van der Waals surface area (Å²) in [5.74, 6) is 22.1. The van der Waals surface area contributed by atoms with E-state index in [1.54, 1.807) is 45.2 Å². The highest BCUT2D eigenvalue weighted by atomic mass is 19.1. The molecule has 16 rings (SSSR count). The number of halogens is 4. The van der Waals surface area contributed by atoms with E-state index in [0.717, 1.165) is 78.9 Å². The van der Waals surface area contributed by atoms with Gasteiger partial charge in [-0.2, -0.15) is 0 Å². The minimum Gasteiger partial charge on any atom is -0.494 e. The van der Waals surface area contributed by atoms with Crippen molar-refractivity contribution in [3.05, 3.63) is 127 Å². The van der Waals surface area contributed by atoms with Gasteiger partial charge in [0.25, 0.3) is 0 Å². The molecule has 0 saturated heterocycles. The summed E-state index contributed by atoms with van der Waals surface area (Å²) in [6.45, 7) is 18.6. The normalized spacial score (nSPS) is 37.0. The van der Waals surface area contributed by atoms with Crippen molar-refractivity contribution >= 4 is 0 Å². The minimum absolute atomic E-state index is 0.131. The Morgan fingerprint density at radius 1 is 0.420 bits per heavy atom. The Balaban J connectivity index is 0.000000108. The average molecular weight is 1200 g/mol. The van der Waals surface area contributed by atoms with Crippen LogP contribution in [0.15, 0.2) is 48.5 Å². The maximum Gasteiger partial charge on any atom is 0.165 e. The molecule has 0 aromatic heterocycles. The van der Waals surface area contributed by atoms with E-state index >= 15 is 0 Å². The van der Waals surface area contributed by atoms with Crippen LogP contribution in [0.4, 0.5) is 17.6 Å². The van der Waals surface area contributed by atoms with Gasteiger partial charge < -0.3 is 9.47 Å². The van der Waals surface area contributed by atoms with Crippen LogP contribution in [0.5, 0.6) is 11.5 Å². The first kappa shape index (κ1) is 62.1. The fraction of sp³-hybridized carbons (Fsp3) is 0.659. The SMILES string of the molecule is CC#Cc1cc2c(cc1F)CCC1C2CC[C@]2(C)C(C)CCC12.CC#Cc1cc2c(cc1F)CCC1C2CC[C@]2(C)CCCC12.CCOc1cc2c(cc1F)CCC1C2CC[C@]2(C)CCCC12.COc1cc2c(cc1F)CCC1C2CC[C@]2(C)CCCC12. The Hall–Kier alpha value is -4.68. The van der Waals surface area contributed by atoms with E-state index in [-0.39, 0.29) is 23.3 Å². The lowest BCUT2D eigenvalue weighted by Crippen LogP contribution is -2.41. The molecule has 12 aliphatic rings. The van der Waals surface area contributed by atoms with Crippen LogP contribution in [0.25, 0.3) is 0 Å². The highest BCUT2D eigenvalue weighted by molar-refractivity contribution is 5.48. The molecule has 0 aliphatic heterocycles. The molecule has 8 saturated carbocycles. The van der Waals surface area contributed by atoms with Gasteiger partial charge in [-0.05, 0) is 367 Å². The first-order valence-corrected chi connectivity index (χ1v) is 35.7. The zero-order valence-electron chi connectivity index (χ0n) is 55.3. The predicted octanol–water partition coefficient (Wildman–Crippen LogP) is 21.7. The van der Waals surface area contributed by atoms with Crippen molar-refractivity contribution < 1.29 is 27.0 Å². The summed E-state index contributed by atoms with van der Waals surface area (Å²) in [6.07, 6.45) is 35.2. The fourth-order valence-corrected chi connectivity index (χ4v) is 23.4. The van der Waals surface area contributed by atoms with Crippen molar-refractivity contribution in [2.75, 3.05) is 13.7 Å². The minimum atomic E-state index is -0.198. The molecule has 472 valence electrons. The van der Waals surface area contributed by atoms with E-state index < -0.39 is 0 Å². The first-order valence-electron chi connectivity index (χ1n) is 35.7. The second kappa shape index (κ2) is 24.7. The average Bonchev–Trinajstić information content (AvgIpc) is 1.66. The third kappa shape index (κ3) is 11.0. The summed E-state index contributed by atoms with van der Waals surface area (Å²) in [7, 11) is 1.57. The highest BCUT2D eigenvalue weighted by Crippen LogP contribution is 2.66. The van der Waals surface area contributed by atoms with Crippen molar-refractivity contribution in [3.63, 3.8) is 0 Å². The molecular formula is C82H104F4O2. The van der Waals surface area contributed by atoms with Crippen LogP contribution in [0.2, 0.25) is 0 Å². The third-order valence-corrected chi connectivity index (χ3v) is 28.0. The number of hydrogen-bond acceptors (Lipinski definition) is 2. The van der Waals surface area contributed by atoms with Gasteiger partial charge in [0.15, 0.2) is 23.1 Å². The van der Waals surface area contributed by atoms with E-state index in [4.69, 9.17) is 9.47 Å². The van der Waals surface area contributed by atoms with E-state index in [0.29, 0.717) is 74.6 Å². The van der Waals surface area contributed by atoms with Gasteiger partial charge in [-0.25, -0.2) is 17.6 Å². The molecule has 0 radical (unpaired) electrons. The van der Waals surface area contributed by atoms with Crippen LogP contribution in [0.3, 0.4) is 0 Å². The second-order valence-corrected chi connectivity index (χ2v) is 31.9. The Bertz CT molecular complexity index is 3390. The Morgan fingerprint density at radius 3 is 1.18 bits per heavy atom. The number of methoxy groups -OCH3 is 1. The summed E-state index contributed by atoms with van der Waals surface area (Å²) in [6, 6.07) is 15.2. The van der Waals surface area contributed by atoms with Crippen LogP contribution in [-0.2, 0) is 25.7 Å². The van der Waals surface area contributed by atoms with Gasteiger partial charge in [0.05, 0.1) is 24.8 Å². The van der Waals surface area contributed by atoms with Crippen LogP contribution >= 0.6 is 0 Å². The summed E-state index contributed by atoms with van der Waals surface area (Å²) >= 11 is 0. The van der Waals surface area contributed by atoms with Gasteiger partial charge >= 0.3 is 0 Å². The molecule has 4 aromatic carbocycles. The van der Waals surface area contributed by atoms with Crippen molar-refractivity contribution in [2.24, 2.45) is 74.9 Å². The van der Waals surface area contributed by atoms with Gasteiger partial charge in [0.2, 0.25) is 0 Å². The standard InChI is InChI=1S/C22H27F.C21H25F.C20H27FO.C19H25FO/c1-4-5-16-12-19-15(13-21(16)23)7-8-18-17(19)10-11-22(3)14(2)6-9-20(18)22;1-3-5-15-12-18-14(13-20(15)22)7-8-17-16(18)9-11-21(2)10-4-6-19(17)21;1-3-22-19-12-16-13(11-18(19)21)6-7-15-14(16)8-10-20(2)9-4-5-17(15)20;1-19-8-3-4-16(19)14-6-5-12-10-17(20)18(21-2)11-15(12)13(14)7-9-19/h12-14,17-18,20H,6-11H2,1-3H3;12-13,16-17,19H,4,6-11H2,1-2H3;11-12,14-15,17H,3-10H2,1-2H3;10-11,13-14,16H,3-9H2,1-2H3/t14?,17?,18?,20?,22-;16?,17?,19?,21-;14?,15?,17?,20-;13?,14?,16?,19-/m1000/s1. The quantitative estimate of drug-likeness (QED) is 0.150. The first-order chi connectivity index (χ1) is 42.4. The van der Waals surface area contributed by atoms with Crippen LogP contribution in [-0.4, -0.2) is 13.7 Å². The molecule has 0 spiro atoms. The fourth-order valence-electron chi connectivity index (χ4n) is 23.4. The number of fused-ring (bicyclic) bond motifs is 20. The Labute approximate surface area is 528 Å². The largest absolute Gasteiger partial charge is 0.494 e. The van der Waals surface area contributed by atoms with E-state index in [9.17, 15) is 17.6 Å². The summed E-state index contributed by atoms with van der Waals surface area (Å²) < 4.78 is 67.2. The predicted molar refractivity (Wildman–Crippen MR) is 350 cm³/mol. The van der Waals surface area contributed by atoms with Crippen LogP contribution < -0.4 is 9.47 Å². The van der Waals surface area contributed by atoms with Gasteiger partial charge in [-0.1, -0.05) is 65.7 Å². The van der Waals surface area contributed by atoms with Crippen molar-refractivity contribution in [3.8, 4) is 35.2 Å². The lowest BCUT2D eigenvalue weighted by Gasteiger charge is -2.50. The molecule has 6 heteroatoms. The monoisotopic (exact) mass is 1200 g/mol. The molecule has 88 heavy (non-hydrogen) atoms. The molecular weight excluding hydrogens is 1090 g/mol. The third-order valence-electron chi connectivity index (χ3n) is 28.0. The number of rotatable bonds is 3. The molecule has 4 aromatic rings. The lowest BCUT2D eigenvalue weighted by molar-refractivity contribution is 0.0336. The summed E-state index contributed by atoms with van der Waals surface area (Å²) in [4.78, 5) is 0. The van der Waals surface area contributed by atoms with Crippen LogP contribution in [0, 0.1) is 122 Å². The maximum atomic E-state index is 14.2. The second-order valence-electron chi connectivity index (χ2n) is 31.9. The number of aryl methyl sites for hydroxylation is 4. The van der Waals surface area contributed by atoms with Crippen molar-refractivity contribution in [1.82, 2.24) is 0 Å². The molecule has 0 heterocycles. The molecule has 12 aliphatic carbocycles.